The Kier molecular flexibility index (Phi) is 9.39. The van der Waals surface area contributed by atoms with Gasteiger partial charge in [-0.2, -0.15) is 0 Å². The van der Waals surface area contributed by atoms with Gasteiger partial charge in [0.2, 0.25) is 0 Å². The highest BCUT2D eigenvalue weighted by Gasteiger charge is 2.03. The van der Waals surface area contributed by atoms with Crippen molar-refractivity contribution in [2.45, 2.75) is 26.7 Å². The summed E-state index contributed by atoms with van der Waals surface area (Å²) in [5.41, 5.74) is 0. The molecular weight excluding hydrogens is 227 g/mol. The Bertz CT molecular complexity index is 224. The summed E-state index contributed by atoms with van der Waals surface area (Å²) in [4.78, 5) is 12.5. The summed E-state index contributed by atoms with van der Waals surface area (Å²) >= 11 is 0. The molecular formula is C10H23N2O3P. The van der Waals surface area contributed by atoms with Gasteiger partial charge in [0.25, 0.3) is 0 Å². The zero-order chi connectivity index (χ0) is 12.4. The van der Waals surface area contributed by atoms with Crippen LogP contribution in [0.5, 0.6) is 0 Å². The number of unbranched alkanes of at least 4 members (excludes halogenated alkanes) is 1. The van der Waals surface area contributed by atoms with E-state index < -0.39 is 8.25 Å². The Morgan fingerprint density at radius 1 is 1.44 bits per heavy atom. The first kappa shape index (κ1) is 15.5. The molecule has 1 rings (SSSR count). The zero-order valence-corrected chi connectivity index (χ0v) is 11.3. The molecule has 1 atom stereocenters. The van der Waals surface area contributed by atoms with Crippen LogP contribution < -0.4 is 0 Å². The number of hydrogen-bond donors (Lipinski definition) is 1. The highest BCUT2D eigenvalue weighted by molar-refractivity contribution is 7.32. The number of hydrogen-bond acceptors (Lipinski definition) is 4. The molecule has 0 aliphatic carbocycles. The van der Waals surface area contributed by atoms with Gasteiger partial charge < -0.3 is 19.2 Å². The molecule has 6 heteroatoms. The van der Waals surface area contributed by atoms with Gasteiger partial charge in [-0.15, -0.1) is 0 Å². The van der Waals surface area contributed by atoms with E-state index in [1.165, 1.54) is 0 Å². The van der Waals surface area contributed by atoms with Crippen molar-refractivity contribution >= 4 is 8.25 Å². The predicted molar refractivity (Wildman–Crippen MR) is 66.2 cm³/mol. The Labute approximate surface area is 98.6 Å². The molecule has 1 unspecified atom stereocenters. The second-order valence-corrected chi connectivity index (χ2v) is 4.39. The summed E-state index contributed by atoms with van der Waals surface area (Å²) < 4.78 is 14.2. The van der Waals surface area contributed by atoms with Crippen molar-refractivity contribution in [3.63, 3.8) is 0 Å². The van der Waals surface area contributed by atoms with Crippen LogP contribution in [0.2, 0.25) is 0 Å². The second kappa shape index (κ2) is 9.70. The lowest BCUT2D eigenvalue weighted by molar-refractivity contribution is 0.276. The SMILES string of the molecule is CCCCO[PH](=O)O.CCN1C=CN(C)C1. The summed E-state index contributed by atoms with van der Waals surface area (Å²) in [6, 6.07) is 0. The fourth-order valence-corrected chi connectivity index (χ4v) is 1.42. The van der Waals surface area contributed by atoms with Crippen LogP contribution in [0.1, 0.15) is 26.7 Å². The van der Waals surface area contributed by atoms with Crippen LogP contribution >= 0.6 is 8.25 Å². The third kappa shape index (κ3) is 8.77. The van der Waals surface area contributed by atoms with Gasteiger partial charge in [-0.3, -0.25) is 4.57 Å². The van der Waals surface area contributed by atoms with Crippen LogP contribution in [-0.2, 0) is 9.09 Å². The van der Waals surface area contributed by atoms with E-state index in [4.69, 9.17) is 4.89 Å². The average molecular weight is 250 g/mol. The van der Waals surface area contributed by atoms with Gasteiger partial charge in [0, 0.05) is 26.0 Å². The molecule has 5 nitrogen and oxygen atoms in total. The first-order valence-corrected chi connectivity index (χ1v) is 6.84. The monoisotopic (exact) mass is 250 g/mol. The number of rotatable bonds is 5. The molecule has 1 aliphatic rings. The Hall–Kier alpha value is -0.510. The molecule has 1 N–H and O–H groups in total. The van der Waals surface area contributed by atoms with Gasteiger partial charge in [0.05, 0.1) is 13.3 Å². The molecule has 0 aromatic carbocycles. The Morgan fingerprint density at radius 2 is 2.12 bits per heavy atom. The van der Waals surface area contributed by atoms with Crippen LogP contribution in [0.3, 0.4) is 0 Å². The van der Waals surface area contributed by atoms with E-state index in [9.17, 15) is 4.57 Å². The fourth-order valence-electron chi connectivity index (χ4n) is 1.10. The summed E-state index contributed by atoms with van der Waals surface area (Å²) in [5, 5.41) is 0. The Balaban J connectivity index is 0.000000281. The molecule has 0 saturated heterocycles. The molecule has 0 aromatic rings. The molecule has 0 amide bonds. The van der Waals surface area contributed by atoms with Crippen molar-refractivity contribution in [3.05, 3.63) is 12.4 Å². The van der Waals surface area contributed by atoms with Crippen molar-refractivity contribution in [1.29, 1.82) is 0 Å². The quantitative estimate of drug-likeness (QED) is 0.596. The first-order chi connectivity index (χ1) is 7.60. The first-order valence-electron chi connectivity index (χ1n) is 5.58. The number of nitrogens with zero attached hydrogens (tertiary/aromatic N) is 2. The molecule has 0 fully saturated rings. The van der Waals surface area contributed by atoms with Gasteiger partial charge in [0.1, 0.15) is 0 Å². The van der Waals surface area contributed by atoms with Crippen LogP contribution in [-0.4, -0.2) is 41.6 Å². The Morgan fingerprint density at radius 3 is 2.44 bits per heavy atom. The van der Waals surface area contributed by atoms with Gasteiger partial charge in [0.15, 0.2) is 0 Å². The largest absolute Gasteiger partial charge is 0.362 e. The van der Waals surface area contributed by atoms with Crippen LogP contribution in [0.4, 0.5) is 0 Å². The molecule has 16 heavy (non-hydrogen) atoms. The molecule has 0 radical (unpaired) electrons. The van der Waals surface area contributed by atoms with E-state index in [1.54, 1.807) is 0 Å². The van der Waals surface area contributed by atoms with E-state index in [2.05, 4.69) is 40.7 Å². The van der Waals surface area contributed by atoms with Crippen LogP contribution in [0, 0.1) is 0 Å². The van der Waals surface area contributed by atoms with Crippen molar-refractivity contribution < 1.29 is 14.0 Å². The van der Waals surface area contributed by atoms with E-state index in [0.29, 0.717) is 6.61 Å². The average Bonchev–Trinajstić information content (AvgIpc) is 2.65. The predicted octanol–water partition coefficient (Wildman–Crippen LogP) is 1.87. The van der Waals surface area contributed by atoms with Crippen LogP contribution in [0.25, 0.3) is 0 Å². The summed E-state index contributed by atoms with van der Waals surface area (Å²) in [6.07, 6.45) is 6.05. The van der Waals surface area contributed by atoms with Gasteiger partial charge in [-0.05, 0) is 13.3 Å². The minimum absolute atomic E-state index is 0.408. The molecule has 1 aliphatic heterocycles. The molecule has 0 spiro atoms. The highest BCUT2D eigenvalue weighted by Crippen LogP contribution is 2.14. The third-order valence-corrected chi connectivity index (χ3v) is 2.52. The minimum Gasteiger partial charge on any atom is -0.362 e. The highest BCUT2D eigenvalue weighted by atomic mass is 31.1. The molecule has 0 bridgehead atoms. The lowest BCUT2D eigenvalue weighted by Gasteiger charge is -2.14. The molecule has 1 heterocycles. The van der Waals surface area contributed by atoms with E-state index in [1.807, 2.05) is 6.92 Å². The van der Waals surface area contributed by atoms with Gasteiger partial charge >= 0.3 is 8.25 Å². The molecule has 96 valence electrons. The summed E-state index contributed by atoms with van der Waals surface area (Å²) in [5.74, 6) is 0. The smallest absolute Gasteiger partial charge is 0.316 e. The maximum atomic E-state index is 9.84. The third-order valence-electron chi connectivity index (χ3n) is 2.07. The standard InChI is InChI=1S/C6H12N2.C4H11O3P/c1-3-8-5-4-7(2)6-8;1-2-3-4-7-8(5)6/h4-5H,3,6H2,1-2H3;8H,2-4H2,1H3,(H,5,6). The molecule has 0 saturated carbocycles. The zero-order valence-electron chi connectivity index (χ0n) is 10.3. The topological polar surface area (TPSA) is 53.0 Å². The van der Waals surface area contributed by atoms with Crippen LogP contribution in [0.15, 0.2) is 12.4 Å². The van der Waals surface area contributed by atoms with E-state index in [0.717, 1.165) is 26.1 Å². The second-order valence-electron chi connectivity index (χ2n) is 3.57. The normalized spacial score (nSPS) is 16.0. The summed E-state index contributed by atoms with van der Waals surface area (Å²) in [7, 11) is -0.582. The minimum atomic E-state index is -2.66. The maximum Gasteiger partial charge on any atom is 0.316 e. The van der Waals surface area contributed by atoms with Crippen molar-refractivity contribution in [1.82, 2.24) is 9.80 Å². The van der Waals surface area contributed by atoms with Gasteiger partial charge in [-0.25, -0.2) is 0 Å². The lowest BCUT2D eigenvalue weighted by atomic mass is 10.4. The molecule has 0 aromatic heterocycles. The van der Waals surface area contributed by atoms with Crippen molar-refractivity contribution in [2.75, 3.05) is 26.9 Å². The van der Waals surface area contributed by atoms with E-state index >= 15 is 0 Å². The van der Waals surface area contributed by atoms with Gasteiger partial charge in [-0.1, -0.05) is 13.3 Å². The van der Waals surface area contributed by atoms with Crippen molar-refractivity contribution in [3.8, 4) is 0 Å². The van der Waals surface area contributed by atoms with E-state index in [-0.39, 0.29) is 0 Å². The lowest BCUT2D eigenvalue weighted by Crippen LogP contribution is -2.21. The summed E-state index contributed by atoms with van der Waals surface area (Å²) in [6.45, 7) is 6.73. The fraction of sp³-hybridized carbons (Fsp3) is 0.800. The maximum absolute atomic E-state index is 9.84. The van der Waals surface area contributed by atoms with Crippen molar-refractivity contribution in [2.24, 2.45) is 0 Å².